The van der Waals surface area contributed by atoms with E-state index in [1.807, 2.05) is 25.1 Å². The van der Waals surface area contributed by atoms with Crippen LogP contribution in [0.3, 0.4) is 0 Å². The Morgan fingerprint density at radius 2 is 1.82 bits per heavy atom. The smallest absolute Gasteiger partial charge is 0.251 e. The molecule has 0 atom stereocenters. The van der Waals surface area contributed by atoms with Crippen LogP contribution in [-0.2, 0) is 16.6 Å². The molecule has 1 fully saturated rings. The first kappa shape index (κ1) is 20.4. The van der Waals surface area contributed by atoms with E-state index < -0.39 is 10.0 Å². The van der Waals surface area contributed by atoms with Crippen LogP contribution in [0.15, 0.2) is 42.5 Å². The molecule has 0 saturated carbocycles. The first-order valence-electron chi connectivity index (χ1n) is 9.76. The summed E-state index contributed by atoms with van der Waals surface area (Å²) in [4.78, 5) is 12.6. The van der Waals surface area contributed by atoms with Crippen LogP contribution in [0.5, 0.6) is 0 Å². The number of rotatable bonds is 5. The van der Waals surface area contributed by atoms with Gasteiger partial charge in [0.25, 0.3) is 5.91 Å². The summed E-state index contributed by atoms with van der Waals surface area (Å²) < 4.78 is 26.3. The van der Waals surface area contributed by atoms with Crippen LogP contribution < -0.4 is 9.62 Å². The highest BCUT2D eigenvalue weighted by atomic mass is 32.2. The highest BCUT2D eigenvalue weighted by Crippen LogP contribution is 2.28. The Morgan fingerprint density at radius 1 is 1.11 bits per heavy atom. The number of carbonyl (C=O) groups is 1. The van der Waals surface area contributed by atoms with E-state index in [4.69, 9.17) is 0 Å². The average molecular weight is 401 g/mol. The molecule has 1 heterocycles. The van der Waals surface area contributed by atoms with Gasteiger partial charge >= 0.3 is 0 Å². The van der Waals surface area contributed by atoms with Crippen molar-refractivity contribution >= 4 is 21.6 Å². The van der Waals surface area contributed by atoms with Crippen molar-refractivity contribution in [3.63, 3.8) is 0 Å². The third-order valence-electron chi connectivity index (χ3n) is 5.19. The van der Waals surface area contributed by atoms with Crippen molar-refractivity contribution in [1.82, 2.24) is 5.32 Å². The number of carbonyl (C=O) groups excluding carboxylic acids is 1. The number of nitrogens with one attached hydrogen (secondary N) is 1. The molecular weight excluding hydrogens is 372 g/mol. The lowest BCUT2D eigenvalue weighted by molar-refractivity contribution is 0.0951. The van der Waals surface area contributed by atoms with Crippen molar-refractivity contribution in [2.24, 2.45) is 0 Å². The molecule has 1 saturated heterocycles. The highest BCUT2D eigenvalue weighted by Gasteiger charge is 2.27. The molecule has 1 N–H and O–H groups in total. The van der Waals surface area contributed by atoms with Gasteiger partial charge < -0.3 is 5.32 Å². The Kier molecular flexibility index (Phi) is 6.08. The van der Waals surface area contributed by atoms with Crippen LogP contribution in [0.2, 0.25) is 0 Å². The summed E-state index contributed by atoms with van der Waals surface area (Å²) in [7, 11) is -3.31. The maximum absolute atomic E-state index is 12.6. The zero-order valence-corrected chi connectivity index (χ0v) is 17.6. The van der Waals surface area contributed by atoms with Crippen molar-refractivity contribution < 1.29 is 13.2 Å². The molecule has 0 aliphatic carbocycles. The maximum atomic E-state index is 12.6. The fourth-order valence-corrected chi connectivity index (χ4v) is 5.08. The van der Waals surface area contributed by atoms with Gasteiger partial charge in [0.1, 0.15) is 0 Å². The number of aryl methyl sites for hydroxylation is 1. The van der Waals surface area contributed by atoms with E-state index in [0.717, 1.165) is 17.5 Å². The number of nitrogens with zero attached hydrogens (tertiary/aromatic N) is 1. The summed E-state index contributed by atoms with van der Waals surface area (Å²) in [5.41, 5.74) is 4.23. The molecule has 2 aromatic rings. The minimum atomic E-state index is -3.31. The molecule has 150 valence electrons. The van der Waals surface area contributed by atoms with Gasteiger partial charge in [-0.25, -0.2) is 8.42 Å². The first-order valence-corrected chi connectivity index (χ1v) is 11.4. The summed E-state index contributed by atoms with van der Waals surface area (Å²) in [6, 6.07) is 13.5. The van der Waals surface area contributed by atoms with E-state index in [-0.39, 0.29) is 11.7 Å². The van der Waals surface area contributed by atoms with Crippen molar-refractivity contribution in [1.29, 1.82) is 0 Å². The molecule has 1 aliphatic heterocycles. The molecule has 1 aliphatic rings. The van der Waals surface area contributed by atoms with Crippen LogP contribution in [-0.4, -0.2) is 26.6 Å². The third-order valence-corrected chi connectivity index (χ3v) is 7.04. The normalized spacial score (nSPS) is 16.2. The van der Waals surface area contributed by atoms with E-state index in [1.54, 1.807) is 12.1 Å². The second kappa shape index (κ2) is 8.35. The van der Waals surface area contributed by atoms with Gasteiger partial charge in [0.15, 0.2) is 0 Å². The average Bonchev–Trinajstić information content (AvgIpc) is 2.67. The third kappa shape index (κ3) is 4.55. The van der Waals surface area contributed by atoms with E-state index in [9.17, 15) is 13.2 Å². The number of amides is 1. The monoisotopic (exact) mass is 400 g/mol. The summed E-state index contributed by atoms with van der Waals surface area (Å²) in [6.07, 6.45) is 1.52. The predicted octanol–water partition coefficient (Wildman–Crippen LogP) is 3.98. The minimum absolute atomic E-state index is 0.162. The lowest BCUT2D eigenvalue weighted by Crippen LogP contribution is -2.38. The Bertz CT molecular complexity index is 950. The van der Waals surface area contributed by atoms with Crippen LogP contribution >= 0.6 is 0 Å². The number of hydrogen-bond acceptors (Lipinski definition) is 3. The van der Waals surface area contributed by atoms with Crippen LogP contribution in [0, 0.1) is 6.92 Å². The standard InChI is InChI=1S/C22H28N2O3S/c1-16(2)19-10-7-18(8-11-19)15-23-22(25)20-9-6-17(3)21(14-20)24-12-4-5-13-28(24,26)27/h6-11,14,16H,4-5,12-13,15H2,1-3H3,(H,23,25). The van der Waals surface area contributed by atoms with Crippen LogP contribution in [0.25, 0.3) is 0 Å². The van der Waals surface area contributed by atoms with Crippen molar-refractivity contribution in [2.75, 3.05) is 16.6 Å². The highest BCUT2D eigenvalue weighted by molar-refractivity contribution is 7.92. The molecular formula is C22H28N2O3S. The molecule has 28 heavy (non-hydrogen) atoms. The summed E-state index contributed by atoms with van der Waals surface area (Å²) >= 11 is 0. The molecule has 0 radical (unpaired) electrons. The molecule has 6 heteroatoms. The summed E-state index contributed by atoms with van der Waals surface area (Å²) in [6.45, 7) is 7.07. The minimum Gasteiger partial charge on any atom is -0.348 e. The Hall–Kier alpha value is -2.34. The molecule has 3 rings (SSSR count). The molecule has 0 aromatic heterocycles. The zero-order chi connectivity index (χ0) is 20.3. The molecule has 0 unspecified atom stereocenters. The van der Waals surface area contributed by atoms with Gasteiger partial charge in [-0.3, -0.25) is 9.10 Å². The number of anilines is 1. The summed E-state index contributed by atoms with van der Waals surface area (Å²) in [5.74, 6) is 0.430. The predicted molar refractivity (Wildman–Crippen MR) is 113 cm³/mol. The molecule has 0 spiro atoms. The number of hydrogen-bond donors (Lipinski definition) is 1. The zero-order valence-electron chi connectivity index (χ0n) is 16.7. The molecule has 2 aromatic carbocycles. The van der Waals surface area contributed by atoms with Gasteiger partial charge in [-0.1, -0.05) is 44.2 Å². The Balaban J connectivity index is 1.73. The number of benzene rings is 2. The van der Waals surface area contributed by atoms with Gasteiger partial charge in [-0.2, -0.15) is 0 Å². The van der Waals surface area contributed by atoms with Crippen LogP contribution in [0.4, 0.5) is 5.69 Å². The lowest BCUT2D eigenvalue weighted by atomic mass is 10.0. The molecule has 1 amide bonds. The Labute approximate surface area is 167 Å². The van der Waals surface area contributed by atoms with Gasteiger partial charge in [-0.15, -0.1) is 0 Å². The largest absolute Gasteiger partial charge is 0.348 e. The van der Waals surface area contributed by atoms with Gasteiger partial charge in [0.2, 0.25) is 10.0 Å². The fraction of sp³-hybridized carbons (Fsp3) is 0.409. The van der Waals surface area contributed by atoms with Crippen molar-refractivity contribution in [2.45, 2.75) is 46.1 Å². The first-order chi connectivity index (χ1) is 13.3. The van der Waals surface area contributed by atoms with E-state index in [1.165, 1.54) is 9.87 Å². The Morgan fingerprint density at radius 3 is 2.46 bits per heavy atom. The van der Waals surface area contributed by atoms with Crippen molar-refractivity contribution in [3.8, 4) is 0 Å². The van der Waals surface area contributed by atoms with Gasteiger partial charge in [-0.05, 0) is 54.5 Å². The maximum Gasteiger partial charge on any atom is 0.251 e. The second-order valence-corrected chi connectivity index (χ2v) is 9.69. The second-order valence-electron chi connectivity index (χ2n) is 7.68. The van der Waals surface area contributed by atoms with Gasteiger partial charge in [0.05, 0.1) is 11.4 Å². The fourth-order valence-electron chi connectivity index (χ4n) is 3.38. The van der Waals surface area contributed by atoms with Gasteiger partial charge in [0, 0.05) is 18.7 Å². The SMILES string of the molecule is Cc1ccc(C(=O)NCc2ccc(C(C)C)cc2)cc1N1CCCCS1(=O)=O. The lowest BCUT2D eigenvalue weighted by Gasteiger charge is -2.29. The summed E-state index contributed by atoms with van der Waals surface area (Å²) in [5, 5.41) is 2.93. The molecule has 0 bridgehead atoms. The molecule has 5 nitrogen and oxygen atoms in total. The number of sulfonamides is 1. The topological polar surface area (TPSA) is 66.5 Å². The van der Waals surface area contributed by atoms with E-state index in [2.05, 4.69) is 31.3 Å². The quantitative estimate of drug-likeness (QED) is 0.826. The van der Waals surface area contributed by atoms with E-state index >= 15 is 0 Å². The van der Waals surface area contributed by atoms with Crippen molar-refractivity contribution in [3.05, 3.63) is 64.7 Å². The van der Waals surface area contributed by atoms with E-state index in [0.29, 0.717) is 36.7 Å². The van der Waals surface area contributed by atoms with Crippen LogP contribution in [0.1, 0.15) is 59.7 Å².